The van der Waals surface area contributed by atoms with E-state index in [-0.39, 0.29) is 0 Å². The molecule has 0 aliphatic rings. The number of rotatable bonds is 6. The number of imidazole rings is 1. The molecule has 132 valence electrons. The van der Waals surface area contributed by atoms with E-state index < -0.39 is 5.97 Å². The fourth-order valence-electron chi connectivity index (χ4n) is 3.10. The molecule has 7 nitrogen and oxygen atoms in total. The smallest absolute Gasteiger partial charge is 0.337 e. The summed E-state index contributed by atoms with van der Waals surface area (Å²) in [7, 11) is 1.36. The number of hydrogen-bond acceptors (Lipinski definition) is 6. The lowest BCUT2D eigenvalue weighted by Gasteiger charge is -2.10. The molecule has 0 fully saturated rings. The van der Waals surface area contributed by atoms with Crippen molar-refractivity contribution >= 4 is 33.7 Å². The molecule has 3 aromatic rings. The fourth-order valence-corrected chi connectivity index (χ4v) is 3.10. The predicted molar refractivity (Wildman–Crippen MR) is 98.5 cm³/mol. The molecule has 2 heterocycles. The lowest BCUT2D eigenvalue weighted by molar-refractivity contribution is 0.0601. The van der Waals surface area contributed by atoms with Crippen LogP contribution in [0.15, 0.2) is 18.2 Å². The standard InChI is InChI=1S/C18H23N5O2/c1-3-4-5-14-22-15-16(23(14)9-8-19)12-7-6-11(18(24)25-2)10-13(12)21-17(15)20/h6-7,10H,3-5,8-9,19H2,1-2H3,(H2,20,21). The van der Waals surface area contributed by atoms with Gasteiger partial charge in [-0.25, -0.2) is 14.8 Å². The van der Waals surface area contributed by atoms with Crippen LogP contribution >= 0.6 is 0 Å². The van der Waals surface area contributed by atoms with Crippen molar-refractivity contribution < 1.29 is 9.53 Å². The Kier molecular flexibility index (Phi) is 4.85. The van der Waals surface area contributed by atoms with Gasteiger partial charge in [0.1, 0.15) is 11.3 Å². The number of pyridine rings is 1. The van der Waals surface area contributed by atoms with Crippen LogP contribution in [0.5, 0.6) is 0 Å². The minimum atomic E-state index is -0.401. The average Bonchev–Trinajstić information content (AvgIpc) is 2.98. The van der Waals surface area contributed by atoms with E-state index in [0.717, 1.165) is 36.0 Å². The Morgan fingerprint density at radius 2 is 2.12 bits per heavy atom. The summed E-state index contributed by atoms with van der Waals surface area (Å²) in [4.78, 5) is 20.9. The van der Waals surface area contributed by atoms with Gasteiger partial charge in [0, 0.05) is 24.9 Å². The number of carbonyl (C=O) groups is 1. The number of ether oxygens (including phenoxy) is 1. The van der Waals surface area contributed by atoms with Gasteiger partial charge in [-0.05, 0) is 24.6 Å². The van der Waals surface area contributed by atoms with E-state index in [0.29, 0.717) is 35.5 Å². The largest absolute Gasteiger partial charge is 0.465 e. The molecule has 1 aromatic carbocycles. The predicted octanol–water partition coefficient (Wildman–Crippen LogP) is 2.25. The topological polar surface area (TPSA) is 109 Å². The van der Waals surface area contributed by atoms with Gasteiger partial charge in [-0.3, -0.25) is 0 Å². The van der Waals surface area contributed by atoms with Crippen LogP contribution < -0.4 is 11.5 Å². The first-order valence-corrected chi connectivity index (χ1v) is 8.47. The second-order valence-corrected chi connectivity index (χ2v) is 5.99. The van der Waals surface area contributed by atoms with Crippen LogP contribution in [0.2, 0.25) is 0 Å². The van der Waals surface area contributed by atoms with Crippen molar-refractivity contribution in [3.05, 3.63) is 29.6 Å². The molecule has 0 aliphatic carbocycles. The highest BCUT2D eigenvalue weighted by Gasteiger charge is 2.18. The highest BCUT2D eigenvalue weighted by atomic mass is 16.5. The van der Waals surface area contributed by atoms with E-state index in [4.69, 9.17) is 21.2 Å². The summed E-state index contributed by atoms with van der Waals surface area (Å²) in [5, 5.41) is 0.903. The fraction of sp³-hybridized carbons (Fsp3) is 0.389. The number of methoxy groups -OCH3 is 1. The highest BCUT2D eigenvalue weighted by molar-refractivity contribution is 6.08. The van der Waals surface area contributed by atoms with Gasteiger partial charge >= 0.3 is 5.97 Å². The Morgan fingerprint density at radius 3 is 2.80 bits per heavy atom. The molecule has 0 spiro atoms. The lowest BCUT2D eigenvalue weighted by atomic mass is 10.1. The molecule has 0 atom stereocenters. The number of nitrogen functional groups attached to an aromatic ring is 1. The van der Waals surface area contributed by atoms with E-state index in [1.165, 1.54) is 7.11 Å². The number of nitrogens with zero attached hydrogens (tertiary/aromatic N) is 3. The molecule has 0 unspecified atom stereocenters. The molecule has 0 radical (unpaired) electrons. The van der Waals surface area contributed by atoms with Gasteiger partial charge in [0.05, 0.1) is 23.7 Å². The maximum Gasteiger partial charge on any atom is 0.337 e. The number of carbonyl (C=O) groups excluding carboxylic acids is 1. The maximum absolute atomic E-state index is 11.8. The molecule has 0 amide bonds. The van der Waals surface area contributed by atoms with Crippen LogP contribution in [0.1, 0.15) is 35.9 Å². The molecule has 0 bridgehead atoms. The molecule has 4 N–H and O–H groups in total. The van der Waals surface area contributed by atoms with E-state index in [9.17, 15) is 4.79 Å². The number of benzene rings is 1. The zero-order valence-electron chi connectivity index (χ0n) is 14.6. The minimum Gasteiger partial charge on any atom is -0.465 e. The summed E-state index contributed by atoms with van der Waals surface area (Å²) < 4.78 is 6.91. The second-order valence-electron chi connectivity index (χ2n) is 5.99. The van der Waals surface area contributed by atoms with Gasteiger partial charge in [0.2, 0.25) is 0 Å². The van der Waals surface area contributed by atoms with Crippen molar-refractivity contribution in [1.29, 1.82) is 0 Å². The Morgan fingerprint density at radius 1 is 1.32 bits per heavy atom. The summed E-state index contributed by atoms with van der Waals surface area (Å²) in [5.41, 5.74) is 14.7. The number of esters is 1. The molecule has 3 rings (SSSR count). The van der Waals surface area contributed by atoms with Crippen molar-refractivity contribution in [3.63, 3.8) is 0 Å². The van der Waals surface area contributed by atoms with Gasteiger partial charge in [-0.15, -0.1) is 0 Å². The van der Waals surface area contributed by atoms with E-state index in [2.05, 4.69) is 16.5 Å². The van der Waals surface area contributed by atoms with Gasteiger partial charge in [0.25, 0.3) is 0 Å². The molecule has 0 aliphatic heterocycles. The monoisotopic (exact) mass is 341 g/mol. The van der Waals surface area contributed by atoms with Crippen molar-refractivity contribution in [2.24, 2.45) is 5.73 Å². The normalized spacial score (nSPS) is 11.3. The highest BCUT2D eigenvalue weighted by Crippen LogP contribution is 2.30. The quantitative estimate of drug-likeness (QED) is 0.666. The maximum atomic E-state index is 11.8. The summed E-state index contributed by atoms with van der Waals surface area (Å²) in [6.45, 7) is 3.32. The molecule has 25 heavy (non-hydrogen) atoms. The number of aromatic nitrogens is 3. The zero-order chi connectivity index (χ0) is 18.0. The summed E-state index contributed by atoms with van der Waals surface area (Å²) in [6, 6.07) is 5.30. The van der Waals surface area contributed by atoms with E-state index in [1.54, 1.807) is 12.1 Å². The van der Waals surface area contributed by atoms with Crippen LogP contribution in [0, 0.1) is 0 Å². The number of fused-ring (bicyclic) bond motifs is 3. The van der Waals surface area contributed by atoms with Crippen molar-refractivity contribution in [1.82, 2.24) is 14.5 Å². The minimum absolute atomic E-state index is 0.359. The summed E-state index contributed by atoms with van der Waals surface area (Å²) in [5.74, 6) is 0.930. The van der Waals surface area contributed by atoms with E-state index >= 15 is 0 Å². The zero-order valence-corrected chi connectivity index (χ0v) is 14.6. The third-order valence-electron chi connectivity index (χ3n) is 4.31. The Labute approximate surface area is 146 Å². The third kappa shape index (κ3) is 3.02. The number of anilines is 1. The molecule has 0 saturated carbocycles. The molecule has 2 aromatic heterocycles. The van der Waals surface area contributed by atoms with Crippen molar-refractivity contribution in [3.8, 4) is 0 Å². The SMILES string of the molecule is CCCCc1nc2c(N)nc3cc(C(=O)OC)ccc3c2n1CCN. The van der Waals surface area contributed by atoms with Crippen LogP contribution in [0.4, 0.5) is 5.82 Å². The number of unbranched alkanes of at least 4 members (excludes halogenated alkanes) is 1. The van der Waals surface area contributed by atoms with Crippen molar-refractivity contribution in [2.45, 2.75) is 32.7 Å². The first-order valence-electron chi connectivity index (χ1n) is 8.47. The number of aryl methyl sites for hydroxylation is 1. The Balaban J connectivity index is 2.28. The van der Waals surface area contributed by atoms with Gasteiger partial charge in [0.15, 0.2) is 5.82 Å². The Hall–Kier alpha value is -2.67. The Bertz CT molecular complexity index is 932. The molecule has 7 heteroatoms. The number of hydrogen-bond donors (Lipinski definition) is 2. The third-order valence-corrected chi connectivity index (χ3v) is 4.31. The molecule has 0 saturated heterocycles. The summed E-state index contributed by atoms with van der Waals surface area (Å²) >= 11 is 0. The van der Waals surface area contributed by atoms with Gasteiger partial charge in [-0.2, -0.15) is 0 Å². The van der Waals surface area contributed by atoms with Crippen LogP contribution in [-0.4, -0.2) is 34.2 Å². The van der Waals surface area contributed by atoms with Crippen LogP contribution in [0.25, 0.3) is 21.9 Å². The molecular weight excluding hydrogens is 318 g/mol. The van der Waals surface area contributed by atoms with Gasteiger partial charge < -0.3 is 20.8 Å². The average molecular weight is 341 g/mol. The van der Waals surface area contributed by atoms with Crippen molar-refractivity contribution in [2.75, 3.05) is 19.4 Å². The number of nitrogens with two attached hydrogens (primary N) is 2. The van der Waals surface area contributed by atoms with Crippen LogP contribution in [0.3, 0.4) is 0 Å². The first kappa shape index (κ1) is 17.2. The van der Waals surface area contributed by atoms with Crippen LogP contribution in [-0.2, 0) is 17.7 Å². The summed E-state index contributed by atoms with van der Waals surface area (Å²) in [6.07, 6.45) is 3.00. The second kappa shape index (κ2) is 7.06. The first-order chi connectivity index (χ1) is 12.1. The van der Waals surface area contributed by atoms with E-state index in [1.807, 2.05) is 6.07 Å². The lowest BCUT2D eigenvalue weighted by Crippen LogP contribution is -2.13. The van der Waals surface area contributed by atoms with Gasteiger partial charge in [-0.1, -0.05) is 13.3 Å². The molecular formula is C18H23N5O2.